The maximum absolute atomic E-state index is 5.16. The average Bonchev–Trinajstić information content (AvgIpc) is 3.59. The Labute approximate surface area is 255 Å². The monoisotopic (exact) mass is 570 g/mol. The van der Waals surface area contributed by atoms with E-state index in [0.29, 0.717) is 0 Å². The van der Waals surface area contributed by atoms with E-state index in [1.165, 1.54) is 70.0 Å². The molecule has 1 spiro atoms. The first-order valence-corrected chi connectivity index (χ1v) is 16.2. The van der Waals surface area contributed by atoms with E-state index in [0.717, 1.165) is 32.9 Å². The second-order valence-corrected chi connectivity index (χ2v) is 13.1. The predicted molar refractivity (Wildman–Crippen MR) is 181 cm³/mol. The molecular formula is C40H30N2S. The second-order valence-electron chi connectivity index (χ2n) is 12.1. The minimum absolute atomic E-state index is 0.200. The van der Waals surface area contributed by atoms with Crippen LogP contribution in [0.25, 0.3) is 65.2 Å². The van der Waals surface area contributed by atoms with Crippen LogP contribution in [-0.2, 0) is 5.41 Å². The van der Waals surface area contributed by atoms with Crippen molar-refractivity contribution >= 4 is 31.6 Å². The number of aromatic nitrogens is 2. The smallest absolute Gasteiger partial charge is 0.160 e. The van der Waals surface area contributed by atoms with E-state index >= 15 is 0 Å². The third-order valence-electron chi connectivity index (χ3n) is 9.72. The van der Waals surface area contributed by atoms with Crippen molar-refractivity contribution in [1.29, 1.82) is 0 Å². The normalized spacial score (nSPS) is 15.2. The van der Waals surface area contributed by atoms with Crippen LogP contribution in [0.4, 0.5) is 0 Å². The van der Waals surface area contributed by atoms with Crippen LogP contribution in [0.15, 0.2) is 121 Å². The molecule has 1 saturated carbocycles. The number of fused-ring (bicyclic) bond motifs is 8. The number of benzene rings is 5. The van der Waals surface area contributed by atoms with Gasteiger partial charge in [0.1, 0.15) is 0 Å². The van der Waals surface area contributed by atoms with Crippen LogP contribution in [-0.4, -0.2) is 9.97 Å². The topological polar surface area (TPSA) is 25.8 Å². The molecule has 5 aromatic carbocycles. The Kier molecular flexibility index (Phi) is 5.64. The highest BCUT2D eigenvalue weighted by Gasteiger charge is 2.43. The van der Waals surface area contributed by atoms with E-state index in [2.05, 4.69) is 103 Å². The highest BCUT2D eigenvalue weighted by atomic mass is 32.1. The zero-order valence-electron chi connectivity index (χ0n) is 23.9. The summed E-state index contributed by atoms with van der Waals surface area (Å²) < 4.78 is 2.38. The first-order chi connectivity index (χ1) is 21.3. The molecule has 9 rings (SSSR count). The highest BCUT2D eigenvalue weighted by Crippen LogP contribution is 2.56. The zero-order valence-corrected chi connectivity index (χ0v) is 24.7. The molecule has 0 saturated heterocycles. The lowest BCUT2D eigenvalue weighted by molar-refractivity contribution is 0.353. The third-order valence-corrected chi connectivity index (χ3v) is 10.9. The highest BCUT2D eigenvalue weighted by molar-refractivity contribution is 7.26. The molecule has 0 amide bonds. The van der Waals surface area contributed by atoms with Gasteiger partial charge >= 0.3 is 0 Å². The van der Waals surface area contributed by atoms with Gasteiger partial charge < -0.3 is 0 Å². The minimum Gasteiger partial charge on any atom is -0.226 e. The number of nitrogens with zero attached hydrogens (tertiary/aromatic N) is 2. The van der Waals surface area contributed by atoms with Gasteiger partial charge in [0, 0.05) is 26.6 Å². The van der Waals surface area contributed by atoms with Crippen LogP contribution in [0.2, 0.25) is 0 Å². The van der Waals surface area contributed by atoms with Gasteiger partial charge in [-0.05, 0) is 58.4 Å². The Morgan fingerprint density at radius 2 is 1.23 bits per heavy atom. The standard InChI is InChI=1S/C40H30N2S/c1-3-11-28(12-4-1)39-41-36(38-37(42-39)31-14-6-8-16-35(31)43-38)27-19-17-26(18-20-27)29-21-22-34-32(25-29)30-13-5-7-15-33(30)40(34)23-9-2-10-24-40/h1,3-8,11-22,25H,2,9-10,23-24H2. The summed E-state index contributed by atoms with van der Waals surface area (Å²) in [5, 5.41) is 1.19. The third kappa shape index (κ3) is 3.85. The van der Waals surface area contributed by atoms with Crippen molar-refractivity contribution in [3.05, 3.63) is 132 Å². The molecule has 2 aromatic heterocycles. The largest absolute Gasteiger partial charge is 0.226 e. The molecule has 2 heterocycles. The van der Waals surface area contributed by atoms with Gasteiger partial charge in [-0.1, -0.05) is 128 Å². The number of thiophene rings is 1. The number of hydrogen-bond acceptors (Lipinski definition) is 3. The van der Waals surface area contributed by atoms with Gasteiger partial charge in [-0.3, -0.25) is 0 Å². The predicted octanol–water partition coefficient (Wildman–Crippen LogP) is 11.1. The maximum atomic E-state index is 5.16. The Morgan fingerprint density at radius 3 is 2.09 bits per heavy atom. The van der Waals surface area contributed by atoms with Crippen molar-refractivity contribution in [3.63, 3.8) is 0 Å². The fraction of sp³-hybridized carbons (Fsp3) is 0.150. The lowest BCUT2D eigenvalue weighted by atomic mass is 9.68. The summed E-state index contributed by atoms with van der Waals surface area (Å²) in [6.07, 6.45) is 6.52. The van der Waals surface area contributed by atoms with Gasteiger partial charge in [0.25, 0.3) is 0 Å². The second kappa shape index (κ2) is 9.72. The summed E-state index contributed by atoms with van der Waals surface area (Å²) in [5.41, 5.74) is 12.8. The van der Waals surface area contributed by atoms with E-state index in [1.807, 2.05) is 18.2 Å². The molecule has 0 aliphatic heterocycles. The fourth-order valence-corrected chi connectivity index (χ4v) is 8.82. The Morgan fingerprint density at radius 1 is 0.535 bits per heavy atom. The van der Waals surface area contributed by atoms with Gasteiger partial charge in [-0.2, -0.15) is 0 Å². The molecule has 2 nitrogen and oxygen atoms in total. The minimum atomic E-state index is 0.200. The van der Waals surface area contributed by atoms with Crippen molar-refractivity contribution in [2.45, 2.75) is 37.5 Å². The van der Waals surface area contributed by atoms with Gasteiger partial charge in [-0.15, -0.1) is 11.3 Å². The quantitative estimate of drug-likeness (QED) is 0.211. The molecule has 43 heavy (non-hydrogen) atoms. The molecule has 206 valence electrons. The summed E-state index contributed by atoms with van der Waals surface area (Å²) >= 11 is 1.78. The van der Waals surface area contributed by atoms with Gasteiger partial charge in [-0.25, -0.2) is 9.97 Å². The molecule has 0 atom stereocenters. The first kappa shape index (κ1) is 24.9. The number of hydrogen-bond donors (Lipinski definition) is 0. The number of rotatable bonds is 3. The van der Waals surface area contributed by atoms with E-state index in [9.17, 15) is 0 Å². The van der Waals surface area contributed by atoms with Gasteiger partial charge in [0.05, 0.1) is 15.9 Å². The Balaban J connectivity index is 1.15. The van der Waals surface area contributed by atoms with Gasteiger partial charge in [0.15, 0.2) is 5.82 Å². The average molecular weight is 571 g/mol. The molecule has 1 fully saturated rings. The summed E-state index contributed by atoms with van der Waals surface area (Å²) in [5.74, 6) is 0.768. The molecule has 0 bridgehead atoms. The van der Waals surface area contributed by atoms with Gasteiger partial charge in [0.2, 0.25) is 0 Å². The van der Waals surface area contributed by atoms with Crippen molar-refractivity contribution in [2.24, 2.45) is 0 Å². The lowest BCUT2D eigenvalue weighted by Crippen LogP contribution is -2.27. The van der Waals surface area contributed by atoms with Crippen LogP contribution in [0.5, 0.6) is 0 Å². The van der Waals surface area contributed by atoms with Crippen LogP contribution < -0.4 is 0 Å². The lowest BCUT2D eigenvalue weighted by Gasteiger charge is -2.36. The summed E-state index contributed by atoms with van der Waals surface area (Å²) in [6, 6.07) is 44.2. The SMILES string of the molecule is c1ccc(-c2nc(-c3ccc(-c4ccc5c(c4)-c4ccccc4C54CCCCC4)cc3)c3sc4ccccc4c3n2)cc1. The maximum Gasteiger partial charge on any atom is 0.160 e. The molecule has 3 heteroatoms. The summed E-state index contributed by atoms with van der Waals surface area (Å²) in [7, 11) is 0. The van der Waals surface area contributed by atoms with Crippen molar-refractivity contribution in [3.8, 4) is 44.9 Å². The molecular weight excluding hydrogens is 541 g/mol. The Hall–Kier alpha value is -4.60. The summed E-state index contributed by atoms with van der Waals surface area (Å²) in [4.78, 5) is 10.2. The van der Waals surface area contributed by atoms with E-state index in [-0.39, 0.29) is 5.41 Å². The molecule has 2 aliphatic rings. The molecule has 0 unspecified atom stereocenters. The van der Waals surface area contributed by atoms with E-state index < -0.39 is 0 Å². The first-order valence-electron chi connectivity index (χ1n) is 15.4. The van der Waals surface area contributed by atoms with Crippen molar-refractivity contribution in [2.75, 3.05) is 0 Å². The fourth-order valence-electron chi connectivity index (χ4n) is 7.66. The van der Waals surface area contributed by atoms with Crippen LogP contribution in [0.3, 0.4) is 0 Å². The van der Waals surface area contributed by atoms with E-state index in [1.54, 1.807) is 16.9 Å². The molecule has 0 N–H and O–H groups in total. The van der Waals surface area contributed by atoms with Crippen molar-refractivity contribution in [1.82, 2.24) is 9.97 Å². The van der Waals surface area contributed by atoms with E-state index in [4.69, 9.17) is 9.97 Å². The van der Waals surface area contributed by atoms with Crippen LogP contribution in [0, 0.1) is 0 Å². The van der Waals surface area contributed by atoms with Crippen LogP contribution in [0.1, 0.15) is 43.2 Å². The Bertz CT molecular complexity index is 2150. The molecule has 7 aromatic rings. The molecule has 0 radical (unpaired) electrons. The molecule has 2 aliphatic carbocycles. The summed E-state index contributed by atoms with van der Waals surface area (Å²) in [6.45, 7) is 0. The van der Waals surface area contributed by atoms with Crippen molar-refractivity contribution < 1.29 is 0 Å². The van der Waals surface area contributed by atoms with Crippen LogP contribution >= 0.6 is 11.3 Å². The zero-order chi connectivity index (χ0) is 28.4.